The minimum atomic E-state index is 0.561. The second kappa shape index (κ2) is 4.97. The number of aryl methyl sites for hydroxylation is 1. The van der Waals surface area contributed by atoms with Gasteiger partial charge in [-0.05, 0) is 6.42 Å². The van der Waals surface area contributed by atoms with E-state index in [0.29, 0.717) is 18.0 Å². The van der Waals surface area contributed by atoms with Crippen molar-refractivity contribution in [3.63, 3.8) is 0 Å². The van der Waals surface area contributed by atoms with Gasteiger partial charge in [-0.3, -0.25) is 9.97 Å². The smallest absolute Gasteiger partial charge is 0.182 e. The van der Waals surface area contributed by atoms with E-state index in [4.69, 9.17) is 0 Å². The lowest BCUT2D eigenvalue weighted by atomic mass is 10.3. The van der Waals surface area contributed by atoms with Crippen LogP contribution in [-0.2, 0) is 13.0 Å². The highest BCUT2D eigenvalue weighted by Crippen LogP contribution is 2.14. The van der Waals surface area contributed by atoms with Gasteiger partial charge in [0.2, 0.25) is 0 Å². The number of nitrogens with zero attached hydrogens (tertiary/aromatic N) is 5. The van der Waals surface area contributed by atoms with E-state index < -0.39 is 0 Å². The van der Waals surface area contributed by atoms with Gasteiger partial charge in [0.25, 0.3) is 0 Å². The van der Waals surface area contributed by atoms with Crippen LogP contribution in [0.25, 0.3) is 11.2 Å². The summed E-state index contributed by atoms with van der Waals surface area (Å²) in [5.41, 5.74) is 3.30. The van der Waals surface area contributed by atoms with Gasteiger partial charge >= 0.3 is 0 Å². The molecule has 0 saturated carbocycles. The first-order chi connectivity index (χ1) is 9.36. The molecule has 0 fully saturated rings. The van der Waals surface area contributed by atoms with Crippen molar-refractivity contribution in [3.8, 4) is 0 Å². The Morgan fingerprint density at radius 3 is 2.95 bits per heavy atom. The van der Waals surface area contributed by atoms with Gasteiger partial charge in [-0.25, -0.2) is 15.0 Å². The third-order valence-electron chi connectivity index (χ3n) is 2.76. The Kier molecular flexibility index (Phi) is 3.01. The van der Waals surface area contributed by atoms with Gasteiger partial charge in [0.1, 0.15) is 11.8 Å². The fourth-order valence-corrected chi connectivity index (χ4v) is 1.78. The number of hydrogen-bond donors (Lipinski definition) is 2. The molecule has 7 nitrogen and oxygen atoms in total. The molecule has 0 atom stereocenters. The molecule has 2 N–H and O–H groups in total. The van der Waals surface area contributed by atoms with Gasteiger partial charge < -0.3 is 10.3 Å². The van der Waals surface area contributed by atoms with Crippen LogP contribution in [0.4, 0.5) is 5.82 Å². The summed E-state index contributed by atoms with van der Waals surface area (Å²) in [6.07, 6.45) is 7.49. The van der Waals surface area contributed by atoms with Gasteiger partial charge in [0, 0.05) is 6.20 Å². The summed E-state index contributed by atoms with van der Waals surface area (Å²) in [5, 5.41) is 3.22. The minimum absolute atomic E-state index is 0.561. The van der Waals surface area contributed by atoms with E-state index in [-0.39, 0.29) is 0 Å². The van der Waals surface area contributed by atoms with E-state index >= 15 is 0 Å². The molecule has 0 unspecified atom stereocenters. The van der Waals surface area contributed by atoms with Gasteiger partial charge in [-0.15, -0.1) is 0 Å². The Labute approximate surface area is 109 Å². The molecule has 0 saturated heterocycles. The van der Waals surface area contributed by atoms with Crippen LogP contribution in [0.15, 0.2) is 25.0 Å². The molecule has 0 aliphatic rings. The highest BCUT2D eigenvalue weighted by atomic mass is 15.1. The molecular formula is C12H13N7. The molecule has 0 radical (unpaired) electrons. The molecular weight excluding hydrogens is 242 g/mol. The molecule has 3 rings (SSSR count). The molecule has 3 heterocycles. The van der Waals surface area contributed by atoms with Crippen molar-refractivity contribution < 1.29 is 0 Å². The molecule has 96 valence electrons. The van der Waals surface area contributed by atoms with E-state index in [1.807, 2.05) is 0 Å². The molecule has 7 heteroatoms. The van der Waals surface area contributed by atoms with Crippen molar-refractivity contribution in [1.29, 1.82) is 0 Å². The van der Waals surface area contributed by atoms with Crippen LogP contribution < -0.4 is 5.32 Å². The fraction of sp³-hybridized carbons (Fsp3) is 0.250. The van der Waals surface area contributed by atoms with Crippen LogP contribution in [0, 0.1) is 0 Å². The Balaban J connectivity index is 1.80. The zero-order valence-electron chi connectivity index (χ0n) is 10.5. The Morgan fingerprint density at radius 1 is 1.16 bits per heavy atom. The highest BCUT2D eigenvalue weighted by Gasteiger charge is 2.05. The molecule has 3 aromatic heterocycles. The summed E-state index contributed by atoms with van der Waals surface area (Å²) in [4.78, 5) is 24.0. The first-order valence-corrected chi connectivity index (χ1v) is 6.04. The largest absolute Gasteiger partial charge is 0.362 e. The van der Waals surface area contributed by atoms with Crippen LogP contribution in [0.2, 0.25) is 0 Å². The van der Waals surface area contributed by atoms with Crippen LogP contribution >= 0.6 is 0 Å². The van der Waals surface area contributed by atoms with E-state index in [9.17, 15) is 0 Å². The SMILES string of the molecule is CCc1cncc(CNc2ncnc3nc[nH]c23)n1. The normalized spacial score (nSPS) is 10.8. The first kappa shape index (κ1) is 11.5. The van der Waals surface area contributed by atoms with Crippen LogP contribution in [0.3, 0.4) is 0 Å². The topological polar surface area (TPSA) is 92.3 Å². The Morgan fingerprint density at radius 2 is 2.05 bits per heavy atom. The molecule has 0 aromatic carbocycles. The maximum atomic E-state index is 4.48. The number of hydrogen-bond acceptors (Lipinski definition) is 6. The maximum Gasteiger partial charge on any atom is 0.182 e. The summed E-state index contributed by atoms with van der Waals surface area (Å²) in [7, 11) is 0. The second-order valence-corrected chi connectivity index (χ2v) is 4.03. The molecule has 0 amide bonds. The standard InChI is InChI=1S/C12H13N7/c1-2-8-3-13-4-9(19-8)5-14-11-10-12(16-6-15-10)18-7-17-11/h3-4,6-7H,2,5H2,1H3,(H2,14,15,16,17,18). The van der Waals surface area contributed by atoms with Crippen molar-refractivity contribution in [1.82, 2.24) is 29.9 Å². The Hall–Kier alpha value is -2.57. The lowest BCUT2D eigenvalue weighted by Crippen LogP contribution is -2.06. The lowest BCUT2D eigenvalue weighted by Gasteiger charge is -2.06. The maximum absolute atomic E-state index is 4.48. The molecule has 0 bridgehead atoms. The second-order valence-electron chi connectivity index (χ2n) is 4.03. The number of imidazole rings is 1. The third kappa shape index (κ3) is 2.35. The predicted molar refractivity (Wildman–Crippen MR) is 70.4 cm³/mol. The quantitative estimate of drug-likeness (QED) is 0.730. The number of nitrogens with one attached hydrogen (secondary N) is 2. The number of H-pyrrole nitrogens is 1. The number of fused-ring (bicyclic) bond motifs is 1. The van der Waals surface area contributed by atoms with E-state index in [0.717, 1.165) is 23.3 Å². The molecule has 0 aliphatic carbocycles. The van der Waals surface area contributed by atoms with E-state index in [2.05, 4.69) is 42.1 Å². The molecule has 0 spiro atoms. The van der Waals surface area contributed by atoms with Gasteiger partial charge in [0.15, 0.2) is 11.5 Å². The zero-order valence-corrected chi connectivity index (χ0v) is 10.5. The number of aromatic amines is 1. The minimum Gasteiger partial charge on any atom is -0.362 e. The van der Waals surface area contributed by atoms with Gasteiger partial charge in [-0.2, -0.15) is 0 Å². The summed E-state index contributed by atoms with van der Waals surface area (Å²) >= 11 is 0. The number of rotatable bonds is 4. The highest BCUT2D eigenvalue weighted by molar-refractivity contribution is 5.81. The molecule has 0 aliphatic heterocycles. The van der Waals surface area contributed by atoms with Gasteiger partial charge in [-0.1, -0.05) is 6.92 Å². The van der Waals surface area contributed by atoms with Crippen molar-refractivity contribution in [2.24, 2.45) is 0 Å². The van der Waals surface area contributed by atoms with Crippen LogP contribution in [-0.4, -0.2) is 29.9 Å². The lowest BCUT2D eigenvalue weighted by molar-refractivity contribution is 0.923. The van der Waals surface area contributed by atoms with Crippen molar-refractivity contribution in [3.05, 3.63) is 36.4 Å². The van der Waals surface area contributed by atoms with E-state index in [1.165, 1.54) is 6.33 Å². The average Bonchev–Trinajstić information content (AvgIpc) is 2.94. The summed E-state index contributed by atoms with van der Waals surface area (Å²) in [6, 6.07) is 0. The number of aromatic nitrogens is 6. The van der Waals surface area contributed by atoms with Crippen LogP contribution in [0.5, 0.6) is 0 Å². The third-order valence-corrected chi connectivity index (χ3v) is 2.76. The number of anilines is 1. The van der Waals surface area contributed by atoms with Crippen molar-refractivity contribution in [2.45, 2.75) is 19.9 Å². The van der Waals surface area contributed by atoms with Crippen LogP contribution in [0.1, 0.15) is 18.3 Å². The Bertz CT molecular complexity index is 691. The van der Waals surface area contributed by atoms with E-state index in [1.54, 1.807) is 18.7 Å². The first-order valence-electron chi connectivity index (χ1n) is 6.04. The summed E-state index contributed by atoms with van der Waals surface area (Å²) in [6.45, 7) is 2.62. The van der Waals surface area contributed by atoms with Crippen molar-refractivity contribution >= 4 is 17.0 Å². The summed E-state index contributed by atoms with van der Waals surface area (Å²) < 4.78 is 0. The zero-order chi connectivity index (χ0) is 13.1. The predicted octanol–water partition coefficient (Wildman–Crippen LogP) is 1.32. The summed E-state index contributed by atoms with van der Waals surface area (Å²) in [5.74, 6) is 0.714. The monoisotopic (exact) mass is 255 g/mol. The fourth-order valence-electron chi connectivity index (χ4n) is 1.78. The van der Waals surface area contributed by atoms with Gasteiger partial charge in [0.05, 0.1) is 30.5 Å². The average molecular weight is 255 g/mol. The molecule has 3 aromatic rings. The molecule has 19 heavy (non-hydrogen) atoms. The van der Waals surface area contributed by atoms with Crippen molar-refractivity contribution in [2.75, 3.05) is 5.32 Å².